The lowest BCUT2D eigenvalue weighted by Gasteiger charge is -2.25. The second-order valence-electron chi connectivity index (χ2n) is 6.89. The third-order valence-corrected chi connectivity index (χ3v) is 5.98. The molecule has 0 saturated carbocycles. The summed E-state index contributed by atoms with van der Waals surface area (Å²) in [5, 5.41) is 0.759. The number of likely N-dealkylation sites (N-methyl/N-ethyl adjacent to an activating group) is 1. The molecule has 1 aromatic heterocycles. The number of anilines is 2. The number of rotatable bonds is 8. The number of benzene rings is 2. The van der Waals surface area contributed by atoms with Crippen molar-refractivity contribution in [1.29, 1.82) is 0 Å². The molecular formula is C22H29ClN4OS. The van der Waals surface area contributed by atoms with Crippen molar-refractivity contribution in [3.05, 3.63) is 54.1 Å². The number of halogens is 1. The number of amides is 1. The number of carbonyl (C=O) groups excluding carboxylic acids is 1. The van der Waals surface area contributed by atoms with Crippen LogP contribution < -0.4 is 9.80 Å². The van der Waals surface area contributed by atoms with Gasteiger partial charge in [0, 0.05) is 38.4 Å². The Kier molecular flexibility index (Phi) is 8.44. The molecule has 7 heteroatoms. The van der Waals surface area contributed by atoms with Crippen LogP contribution in [0.4, 0.5) is 10.8 Å². The molecule has 0 aliphatic heterocycles. The van der Waals surface area contributed by atoms with Crippen LogP contribution in [0.15, 0.2) is 48.5 Å². The summed E-state index contributed by atoms with van der Waals surface area (Å²) in [7, 11) is 3.99. The van der Waals surface area contributed by atoms with E-state index in [2.05, 4.69) is 24.8 Å². The van der Waals surface area contributed by atoms with Crippen LogP contribution in [0, 0.1) is 0 Å². The summed E-state index contributed by atoms with van der Waals surface area (Å²) in [5.74, 6) is -0.00322. The van der Waals surface area contributed by atoms with E-state index in [1.807, 2.05) is 66.4 Å². The van der Waals surface area contributed by atoms with Crippen molar-refractivity contribution >= 4 is 50.7 Å². The fourth-order valence-electron chi connectivity index (χ4n) is 3.10. The molecule has 0 aliphatic rings. The van der Waals surface area contributed by atoms with E-state index in [-0.39, 0.29) is 18.3 Å². The predicted molar refractivity (Wildman–Crippen MR) is 127 cm³/mol. The van der Waals surface area contributed by atoms with Gasteiger partial charge in [-0.1, -0.05) is 37.3 Å². The highest BCUT2D eigenvalue weighted by Gasteiger charge is 2.22. The summed E-state index contributed by atoms with van der Waals surface area (Å²) in [6.07, 6.45) is 0. The molecule has 3 rings (SSSR count). The highest BCUT2D eigenvalue weighted by atomic mass is 35.5. The van der Waals surface area contributed by atoms with Gasteiger partial charge in [-0.3, -0.25) is 9.69 Å². The molecule has 1 heterocycles. The Bertz CT molecular complexity index is 889. The third-order valence-electron chi connectivity index (χ3n) is 4.92. The Morgan fingerprint density at radius 1 is 0.966 bits per heavy atom. The van der Waals surface area contributed by atoms with Crippen LogP contribution in [0.5, 0.6) is 0 Å². The quantitative estimate of drug-likeness (QED) is 0.513. The van der Waals surface area contributed by atoms with Crippen molar-refractivity contribution in [2.45, 2.75) is 13.8 Å². The van der Waals surface area contributed by atoms with Gasteiger partial charge in [0.2, 0.25) is 0 Å². The summed E-state index contributed by atoms with van der Waals surface area (Å²) in [6.45, 7) is 7.67. The van der Waals surface area contributed by atoms with Gasteiger partial charge in [-0.25, -0.2) is 4.98 Å². The molecule has 0 radical (unpaired) electrons. The van der Waals surface area contributed by atoms with Crippen molar-refractivity contribution in [3.8, 4) is 0 Å². The van der Waals surface area contributed by atoms with Crippen molar-refractivity contribution < 1.29 is 4.79 Å². The Balaban J connectivity index is 0.00000300. The summed E-state index contributed by atoms with van der Waals surface area (Å²) in [4.78, 5) is 24.3. The second kappa shape index (κ2) is 10.6. The number of aromatic nitrogens is 1. The van der Waals surface area contributed by atoms with Gasteiger partial charge in [-0.05, 0) is 49.5 Å². The Morgan fingerprint density at radius 2 is 1.62 bits per heavy atom. The average molecular weight is 433 g/mol. The van der Waals surface area contributed by atoms with Gasteiger partial charge in [-0.2, -0.15) is 0 Å². The summed E-state index contributed by atoms with van der Waals surface area (Å²) in [5.41, 5.74) is 2.70. The van der Waals surface area contributed by atoms with Crippen LogP contribution in [0.25, 0.3) is 10.2 Å². The molecule has 156 valence electrons. The lowest BCUT2D eigenvalue weighted by molar-refractivity contribution is 0.0984. The molecule has 0 bridgehead atoms. The number of carbonyl (C=O) groups is 1. The van der Waals surface area contributed by atoms with Gasteiger partial charge in [0.1, 0.15) is 0 Å². The molecule has 0 spiro atoms. The van der Waals surface area contributed by atoms with Gasteiger partial charge in [0.05, 0.1) is 10.2 Å². The molecule has 0 saturated heterocycles. The number of hydrogen-bond donors (Lipinski definition) is 0. The lowest BCUT2D eigenvalue weighted by Crippen LogP contribution is -2.38. The van der Waals surface area contributed by atoms with E-state index in [0.717, 1.165) is 40.7 Å². The maximum absolute atomic E-state index is 13.4. The molecule has 5 nitrogen and oxygen atoms in total. The molecule has 0 fully saturated rings. The molecule has 1 amide bonds. The lowest BCUT2D eigenvalue weighted by atomic mass is 10.1. The number of nitrogens with zero attached hydrogens (tertiary/aromatic N) is 4. The summed E-state index contributed by atoms with van der Waals surface area (Å²) < 4.78 is 1.10. The minimum atomic E-state index is -0.00322. The summed E-state index contributed by atoms with van der Waals surface area (Å²) in [6, 6.07) is 15.8. The molecule has 0 aliphatic carbocycles. The number of fused-ring (bicyclic) bond motifs is 1. The minimum absolute atomic E-state index is 0. The summed E-state index contributed by atoms with van der Waals surface area (Å²) >= 11 is 1.57. The monoisotopic (exact) mass is 432 g/mol. The van der Waals surface area contributed by atoms with Crippen LogP contribution in [0.3, 0.4) is 0 Å². The van der Waals surface area contributed by atoms with Gasteiger partial charge in [-0.15, -0.1) is 12.4 Å². The van der Waals surface area contributed by atoms with Crippen LogP contribution in [0.1, 0.15) is 24.2 Å². The Morgan fingerprint density at radius 3 is 2.21 bits per heavy atom. The van der Waals surface area contributed by atoms with Crippen molar-refractivity contribution in [2.75, 3.05) is 50.1 Å². The largest absolute Gasteiger partial charge is 0.378 e. The van der Waals surface area contributed by atoms with E-state index in [4.69, 9.17) is 4.98 Å². The van der Waals surface area contributed by atoms with Crippen LogP contribution >= 0.6 is 23.7 Å². The first-order valence-corrected chi connectivity index (χ1v) is 10.5. The normalized spacial score (nSPS) is 10.8. The first-order valence-electron chi connectivity index (χ1n) is 9.70. The van der Waals surface area contributed by atoms with E-state index in [1.165, 1.54) is 0 Å². The number of thiazole rings is 1. The number of hydrogen-bond acceptors (Lipinski definition) is 5. The second-order valence-corrected chi connectivity index (χ2v) is 7.90. The zero-order valence-electron chi connectivity index (χ0n) is 17.5. The van der Waals surface area contributed by atoms with Gasteiger partial charge in [0.15, 0.2) is 5.13 Å². The van der Waals surface area contributed by atoms with Crippen LogP contribution in [-0.2, 0) is 0 Å². The standard InChI is InChI=1S/C22H28N4OS.ClH/c1-5-25(6-2)15-16-26(22-23-19-9-7-8-10-20(19)28-22)21(27)17-11-13-18(14-12-17)24(3)4;/h7-14H,5-6,15-16H2,1-4H3;1H. The maximum atomic E-state index is 13.4. The molecule has 0 atom stereocenters. The van der Waals surface area contributed by atoms with E-state index in [0.29, 0.717) is 12.1 Å². The van der Waals surface area contributed by atoms with Crippen LogP contribution in [0.2, 0.25) is 0 Å². The van der Waals surface area contributed by atoms with Crippen LogP contribution in [-0.4, -0.2) is 56.1 Å². The van der Waals surface area contributed by atoms with Crippen molar-refractivity contribution in [1.82, 2.24) is 9.88 Å². The topological polar surface area (TPSA) is 39.7 Å². The maximum Gasteiger partial charge on any atom is 0.260 e. The number of para-hydroxylation sites is 1. The fourth-order valence-corrected chi connectivity index (χ4v) is 4.09. The third kappa shape index (κ3) is 5.47. The Hall–Kier alpha value is -2.15. The van der Waals surface area contributed by atoms with Gasteiger partial charge in [0.25, 0.3) is 5.91 Å². The first kappa shape index (κ1) is 23.1. The minimum Gasteiger partial charge on any atom is -0.378 e. The first-order chi connectivity index (χ1) is 13.5. The highest BCUT2D eigenvalue weighted by molar-refractivity contribution is 7.22. The van der Waals surface area contributed by atoms with Gasteiger partial charge < -0.3 is 9.80 Å². The average Bonchev–Trinajstić information content (AvgIpc) is 3.14. The molecule has 0 unspecified atom stereocenters. The molecular weight excluding hydrogens is 404 g/mol. The molecule has 3 aromatic rings. The van der Waals surface area contributed by atoms with E-state index >= 15 is 0 Å². The predicted octanol–water partition coefficient (Wildman–Crippen LogP) is 4.77. The van der Waals surface area contributed by atoms with E-state index in [1.54, 1.807) is 11.3 Å². The van der Waals surface area contributed by atoms with Crippen molar-refractivity contribution in [3.63, 3.8) is 0 Å². The van der Waals surface area contributed by atoms with Crippen molar-refractivity contribution in [2.24, 2.45) is 0 Å². The fraction of sp³-hybridized carbons (Fsp3) is 0.364. The molecule has 2 aromatic carbocycles. The zero-order chi connectivity index (χ0) is 20.1. The molecule has 0 N–H and O–H groups in total. The highest BCUT2D eigenvalue weighted by Crippen LogP contribution is 2.29. The van der Waals surface area contributed by atoms with E-state index < -0.39 is 0 Å². The van der Waals surface area contributed by atoms with Gasteiger partial charge >= 0.3 is 0 Å². The Labute approximate surface area is 183 Å². The smallest absolute Gasteiger partial charge is 0.260 e. The molecule has 29 heavy (non-hydrogen) atoms. The van der Waals surface area contributed by atoms with E-state index in [9.17, 15) is 4.79 Å². The SMILES string of the molecule is CCN(CC)CCN(C(=O)c1ccc(N(C)C)cc1)c1nc2ccccc2s1.Cl. The zero-order valence-corrected chi connectivity index (χ0v) is 19.1.